The molecule has 0 aliphatic carbocycles. The fraction of sp³-hybridized carbons (Fsp3) is 0.462. The molecule has 0 bridgehead atoms. The minimum absolute atomic E-state index is 0.168. The first-order valence-corrected chi connectivity index (χ1v) is 7.20. The minimum Gasteiger partial charge on any atom is -0.478 e. The molecule has 5 nitrogen and oxygen atoms in total. The van der Waals surface area contributed by atoms with Gasteiger partial charge in [-0.1, -0.05) is 38.1 Å². The van der Waals surface area contributed by atoms with Gasteiger partial charge in [-0.15, -0.1) is 0 Å². The zero-order chi connectivity index (χ0) is 14.3. The number of nitrogens with zero attached hydrogens (tertiary/aromatic N) is 1. The Balaban J connectivity index is 2.72. The number of aromatic nitrogens is 2. The smallest absolute Gasteiger partial charge is 0.331 e. The lowest BCUT2D eigenvalue weighted by Crippen LogP contribution is -2.10. The van der Waals surface area contributed by atoms with E-state index in [1.165, 1.54) is 17.8 Å². The molecule has 0 fully saturated rings. The lowest BCUT2D eigenvalue weighted by atomic mass is 10.2. The van der Waals surface area contributed by atoms with Crippen molar-refractivity contribution in [3.63, 3.8) is 0 Å². The van der Waals surface area contributed by atoms with Crippen molar-refractivity contribution >= 4 is 17.7 Å². The Labute approximate surface area is 116 Å². The van der Waals surface area contributed by atoms with E-state index >= 15 is 0 Å². The summed E-state index contributed by atoms with van der Waals surface area (Å²) in [6.45, 7) is 3.82. The number of carboxylic acids is 1. The number of hydrogen-bond acceptors (Lipinski definition) is 4. The van der Waals surface area contributed by atoms with Crippen LogP contribution in [-0.4, -0.2) is 26.8 Å². The van der Waals surface area contributed by atoms with E-state index in [4.69, 9.17) is 5.11 Å². The number of thioether (sulfide) groups is 1. The first-order chi connectivity index (χ1) is 9.06. The Morgan fingerprint density at radius 1 is 1.53 bits per heavy atom. The van der Waals surface area contributed by atoms with Gasteiger partial charge in [-0.2, -0.15) is 0 Å². The highest BCUT2D eigenvalue weighted by molar-refractivity contribution is 7.99. The summed E-state index contributed by atoms with van der Waals surface area (Å²) in [6, 6.07) is 1.50. The zero-order valence-corrected chi connectivity index (χ0v) is 11.9. The summed E-state index contributed by atoms with van der Waals surface area (Å²) in [7, 11) is 0. The molecule has 0 atom stereocenters. The van der Waals surface area contributed by atoms with Crippen molar-refractivity contribution in [2.24, 2.45) is 0 Å². The van der Waals surface area contributed by atoms with E-state index in [0.717, 1.165) is 18.5 Å². The molecule has 6 heteroatoms. The van der Waals surface area contributed by atoms with Crippen LogP contribution in [0.4, 0.5) is 0 Å². The SMILES string of the molecule is CCCc1cc(=O)[nH]c(SCC=C(CC)C(=O)O)n1. The molecule has 1 rings (SSSR count). The largest absolute Gasteiger partial charge is 0.478 e. The molecular formula is C13H18N2O3S. The van der Waals surface area contributed by atoms with Gasteiger partial charge >= 0.3 is 5.97 Å². The average Bonchev–Trinajstić information content (AvgIpc) is 2.34. The van der Waals surface area contributed by atoms with E-state index in [0.29, 0.717) is 22.9 Å². The molecule has 0 saturated heterocycles. The molecular weight excluding hydrogens is 264 g/mol. The van der Waals surface area contributed by atoms with Crippen LogP contribution in [0.25, 0.3) is 0 Å². The molecule has 1 aromatic heterocycles. The number of nitrogens with one attached hydrogen (secondary N) is 1. The molecule has 1 heterocycles. The van der Waals surface area contributed by atoms with Crippen LogP contribution in [0.15, 0.2) is 27.7 Å². The molecule has 0 aliphatic heterocycles. The quantitative estimate of drug-likeness (QED) is 0.455. The highest BCUT2D eigenvalue weighted by Crippen LogP contribution is 2.13. The second-order valence-corrected chi connectivity index (χ2v) is 5.00. The number of aryl methyl sites for hydroxylation is 1. The summed E-state index contributed by atoms with van der Waals surface area (Å²) in [5, 5.41) is 9.41. The van der Waals surface area contributed by atoms with E-state index in [9.17, 15) is 9.59 Å². The number of H-pyrrole nitrogens is 1. The predicted octanol–water partition coefficient (Wildman–Crippen LogP) is 2.24. The third-order valence-electron chi connectivity index (χ3n) is 2.48. The molecule has 0 spiro atoms. The minimum atomic E-state index is -0.899. The number of carboxylic acid groups (broad SMARTS) is 1. The van der Waals surface area contributed by atoms with Gasteiger partial charge in [0, 0.05) is 23.1 Å². The van der Waals surface area contributed by atoms with Crippen molar-refractivity contribution in [3.8, 4) is 0 Å². The number of aliphatic carboxylic acids is 1. The molecule has 1 aromatic rings. The van der Waals surface area contributed by atoms with Crippen LogP contribution < -0.4 is 5.56 Å². The maximum absolute atomic E-state index is 11.4. The summed E-state index contributed by atoms with van der Waals surface area (Å²) < 4.78 is 0. The lowest BCUT2D eigenvalue weighted by molar-refractivity contribution is -0.132. The number of hydrogen-bond donors (Lipinski definition) is 2. The van der Waals surface area contributed by atoms with Crippen LogP contribution in [0.2, 0.25) is 0 Å². The average molecular weight is 282 g/mol. The molecule has 19 heavy (non-hydrogen) atoms. The molecule has 0 aliphatic rings. The van der Waals surface area contributed by atoms with Gasteiger partial charge < -0.3 is 10.1 Å². The third kappa shape index (κ3) is 5.30. The first-order valence-electron chi connectivity index (χ1n) is 6.22. The number of rotatable bonds is 7. The Kier molecular flexibility index (Phi) is 6.35. The Bertz CT molecular complexity index is 523. The number of carbonyl (C=O) groups is 1. The summed E-state index contributed by atoms with van der Waals surface area (Å²) in [5.74, 6) is -0.419. The van der Waals surface area contributed by atoms with E-state index < -0.39 is 5.97 Å². The van der Waals surface area contributed by atoms with Gasteiger partial charge in [0.2, 0.25) is 0 Å². The third-order valence-corrected chi connectivity index (χ3v) is 3.28. The number of aromatic amines is 1. The second-order valence-electron chi connectivity index (χ2n) is 3.99. The monoisotopic (exact) mass is 282 g/mol. The zero-order valence-electron chi connectivity index (χ0n) is 11.1. The van der Waals surface area contributed by atoms with Crippen molar-refractivity contribution in [1.29, 1.82) is 0 Å². The maximum Gasteiger partial charge on any atom is 0.331 e. The molecule has 2 N–H and O–H groups in total. The highest BCUT2D eigenvalue weighted by Gasteiger charge is 2.05. The van der Waals surface area contributed by atoms with Crippen LogP contribution >= 0.6 is 11.8 Å². The highest BCUT2D eigenvalue weighted by atomic mass is 32.2. The van der Waals surface area contributed by atoms with Crippen molar-refractivity contribution in [1.82, 2.24) is 9.97 Å². The van der Waals surface area contributed by atoms with Gasteiger partial charge in [0.15, 0.2) is 5.16 Å². The van der Waals surface area contributed by atoms with Gasteiger partial charge in [-0.25, -0.2) is 9.78 Å². The maximum atomic E-state index is 11.4. The summed E-state index contributed by atoms with van der Waals surface area (Å²) in [4.78, 5) is 29.2. The lowest BCUT2D eigenvalue weighted by Gasteiger charge is -2.02. The first kappa shape index (κ1) is 15.5. The molecule has 0 saturated carbocycles. The standard InChI is InChI=1S/C13H18N2O3S/c1-3-5-10-8-11(16)15-13(14-10)19-7-6-9(4-2)12(17)18/h6,8H,3-5,7H2,1-2H3,(H,17,18)(H,14,15,16). The van der Waals surface area contributed by atoms with E-state index in [1.54, 1.807) is 13.0 Å². The van der Waals surface area contributed by atoms with E-state index in [-0.39, 0.29) is 5.56 Å². The van der Waals surface area contributed by atoms with E-state index in [2.05, 4.69) is 9.97 Å². The van der Waals surface area contributed by atoms with Crippen LogP contribution in [0.3, 0.4) is 0 Å². The molecule has 0 amide bonds. The Morgan fingerprint density at radius 3 is 2.84 bits per heavy atom. The Hall–Kier alpha value is -1.56. The van der Waals surface area contributed by atoms with Gasteiger partial charge in [-0.05, 0) is 12.8 Å². The summed E-state index contributed by atoms with van der Waals surface area (Å²) in [5.41, 5.74) is 0.977. The van der Waals surface area contributed by atoms with Crippen molar-refractivity contribution < 1.29 is 9.90 Å². The fourth-order valence-electron chi connectivity index (χ4n) is 1.54. The van der Waals surface area contributed by atoms with Crippen LogP contribution in [0.5, 0.6) is 0 Å². The summed E-state index contributed by atoms with van der Waals surface area (Å²) >= 11 is 1.33. The van der Waals surface area contributed by atoms with Gasteiger partial charge in [0.05, 0.1) is 0 Å². The van der Waals surface area contributed by atoms with Crippen molar-refractivity contribution in [2.75, 3.05) is 5.75 Å². The van der Waals surface area contributed by atoms with Gasteiger partial charge in [0.1, 0.15) is 0 Å². The fourth-order valence-corrected chi connectivity index (χ4v) is 2.34. The molecule has 104 valence electrons. The van der Waals surface area contributed by atoms with Crippen LogP contribution in [0, 0.1) is 0 Å². The summed E-state index contributed by atoms with van der Waals surface area (Å²) in [6.07, 6.45) is 3.83. The van der Waals surface area contributed by atoms with Crippen molar-refractivity contribution in [2.45, 2.75) is 38.3 Å². The molecule has 0 unspecified atom stereocenters. The van der Waals surface area contributed by atoms with Gasteiger partial charge in [0.25, 0.3) is 5.56 Å². The van der Waals surface area contributed by atoms with Crippen molar-refractivity contribution in [3.05, 3.63) is 33.8 Å². The van der Waals surface area contributed by atoms with Gasteiger partial charge in [-0.3, -0.25) is 4.79 Å². The molecule has 0 aromatic carbocycles. The predicted molar refractivity (Wildman–Crippen MR) is 75.6 cm³/mol. The normalized spacial score (nSPS) is 11.6. The second kappa shape index (κ2) is 7.78. The van der Waals surface area contributed by atoms with Crippen LogP contribution in [-0.2, 0) is 11.2 Å². The van der Waals surface area contributed by atoms with Crippen LogP contribution in [0.1, 0.15) is 32.4 Å². The molecule has 0 radical (unpaired) electrons. The van der Waals surface area contributed by atoms with E-state index in [1.807, 2.05) is 6.92 Å². The topological polar surface area (TPSA) is 83.0 Å². The Morgan fingerprint density at radius 2 is 2.26 bits per heavy atom.